The predicted octanol–water partition coefficient (Wildman–Crippen LogP) is -1.30. The average Bonchev–Trinajstić information content (AvgIpc) is 2.18. The molecule has 1 aromatic rings. The first-order valence-electron chi connectivity index (χ1n) is 3.74. The van der Waals surface area contributed by atoms with Crippen molar-refractivity contribution in [1.29, 1.82) is 0 Å². The Kier molecular flexibility index (Phi) is 3.27. The molecule has 0 aromatic heterocycles. The van der Waals surface area contributed by atoms with Gasteiger partial charge in [0.25, 0.3) is 10.1 Å². The van der Waals surface area contributed by atoms with Crippen molar-refractivity contribution in [2.75, 3.05) is 7.11 Å². The minimum atomic E-state index is -3.78. The highest BCUT2D eigenvalue weighted by Gasteiger charge is 2.17. The highest BCUT2D eigenvalue weighted by Crippen LogP contribution is 2.08. The van der Waals surface area contributed by atoms with E-state index in [1.165, 1.54) is 18.2 Å². The number of benzene rings is 1. The van der Waals surface area contributed by atoms with Gasteiger partial charge in [-0.15, -0.1) is 0 Å². The normalized spacial score (nSPS) is 11.4. The van der Waals surface area contributed by atoms with Gasteiger partial charge in [0.2, 0.25) is 0 Å². The van der Waals surface area contributed by atoms with Gasteiger partial charge < -0.3 is 10.0 Å². The van der Waals surface area contributed by atoms with Crippen LogP contribution >= 0.6 is 0 Å². The standard InChI is InChI=1S/C7H9BO5S/c1-13-14(11,12)7-4-2-3-6(5-7)8(9)10/h2-5,9-10H,1H3. The van der Waals surface area contributed by atoms with Crippen LogP contribution in [0.25, 0.3) is 0 Å². The fraction of sp³-hybridized carbons (Fsp3) is 0.143. The molecule has 0 aliphatic rings. The molecule has 0 radical (unpaired) electrons. The maximum Gasteiger partial charge on any atom is 0.488 e. The minimum Gasteiger partial charge on any atom is -0.423 e. The van der Waals surface area contributed by atoms with E-state index in [0.717, 1.165) is 13.2 Å². The van der Waals surface area contributed by atoms with Gasteiger partial charge in [0.05, 0.1) is 12.0 Å². The molecule has 0 bridgehead atoms. The Hall–Kier alpha value is -0.885. The van der Waals surface area contributed by atoms with Gasteiger partial charge in [0.1, 0.15) is 0 Å². The summed E-state index contributed by atoms with van der Waals surface area (Å²) in [5, 5.41) is 17.6. The summed E-state index contributed by atoms with van der Waals surface area (Å²) >= 11 is 0. The molecule has 0 atom stereocenters. The summed E-state index contributed by atoms with van der Waals surface area (Å²) in [6.07, 6.45) is 0. The molecule has 0 amide bonds. The second kappa shape index (κ2) is 4.10. The molecule has 0 aliphatic carbocycles. The summed E-state index contributed by atoms with van der Waals surface area (Å²) in [4.78, 5) is -0.106. The Morgan fingerprint density at radius 3 is 2.50 bits per heavy atom. The van der Waals surface area contributed by atoms with E-state index in [4.69, 9.17) is 10.0 Å². The molecule has 0 spiro atoms. The number of hydrogen-bond donors (Lipinski definition) is 2. The van der Waals surface area contributed by atoms with Crippen molar-refractivity contribution < 1.29 is 22.6 Å². The van der Waals surface area contributed by atoms with Gasteiger partial charge in [-0.05, 0) is 17.6 Å². The Morgan fingerprint density at radius 2 is 2.00 bits per heavy atom. The lowest BCUT2D eigenvalue weighted by molar-refractivity contribution is 0.398. The SMILES string of the molecule is COS(=O)(=O)c1cccc(B(O)O)c1. The Labute approximate surface area is 82.2 Å². The maximum atomic E-state index is 11.2. The lowest BCUT2D eigenvalue weighted by Gasteiger charge is -2.03. The van der Waals surface area contributed by atoms with Crippen LogP contribution in [0.2, 0.25) is 0 Å². The second-order valence-electron chi connectivity index (χ2n) is 2.57. The zero-order chi connectivity index (χ0) is 10.8. The zero-order valence-electron chi connectivity index (χ0n) is 7.41. The molecular weight excluding hydrogens is 207 g/mol. The molecule has 0 saturated carbocycles. The Bertz CT molecular complexity index is 414. The van der Waals surface area contributed by atoms with Gasteiger partial charge in [-0.25, -0.2) is 0 Å². The van der Waals surface area contributed by atoms with Crippen molar-refractivity contribution in [3.63, 3.8) is 0 Å². The van der Waals surface area contributed by atoms with E-state index in [9.17, 15) is 8.42 Å². The fourth-order valence-electron chi connectivity index (χ4n) is 0.927. The summed E-state index contributed by atoms with van der Waals surface area (Å²) in [7, 11) is -4.43. The quantitative estimate of drug-likeness (QED) is 0.484. The van der Waals surface area contributed by atoms with E-state index >= 15 is 0 Å². The third-order valence-electron chi connectivity index (χ3n) is 1.66. The van der Waals surface area contributed by atoms with E-state index in [1.54, 1.807) is 0 Å². The first kappa shape index (κ1) is 11.2. The smallest absolute Gasteiger partial charge is 0.423 e. The monoisotopic (exact) mass is 216 g/mol. The molecule has 0 fully saturated rings. The van der Waals surface area contributed by atoms with E-state index in [0.29, 0.717) is 0 Å². The third kappa shape index (κ3) is 2.33. The highest BCUT2D eigenvalue weighted by atomic mass is 32.2. The summed E-state index contributed by atoms with van der Waals surface area (Å²) < 4.78 is 26.6. The third-order valence-corrected chi connectivity index (χ3v) is 2.93. The molecule has 1 rings (SSSR count). The van der Waals surface area contributed by atoms with Gasteiger partial charge in [-0.2, -0.15) is 8.42 Å². The Balaban J connectivity index is 3.19. The summed E-state index contributed by atoms with van der Waals surface area (Å²) in [5.41, 5.74) is 0.100. The van der Waals surface area contributed by atoms with Crippen LogP contribution in [0.15, 0.2) is 29.2 Å². The fourth-order valence-corrected chi connectivity index (χ4v) is 1.64. The first-order valence-corrected chi connectivity index (χ1v) is 5.15. The maximum absolute atomic E-state index is 11.2. The molecule has 0 unspecified atom stereocenters. The van der Waals surface area contributed by atoms with Crippen molar-refractivity contribution in [2.24, 2.45) is 0 Å². The van der Waals surface area contributed by atoms with Gasteiger partial charge in [0.15, 0.2) is 0 Å². The second-order valence-corrected chi connectivity index (χ2v) is 4.28. The van der Waals surface area contributed by atoms with Gasteiger partial charge in [0, 0.05) is 0 Å². The molecule has 0 saturated heterocycles. The largest absolute Gasteiger partial charge is 0.488 e. The number of hydrogen-bond acceptors (Lipinski definition) is 5. The van der Waals surface area contributed by atoms with Crippen LogP contribution in [0.5, 0.6) is 0 Å². The van der Waals surface area contributed by atoms with Crippen molar-refractivity contribution in [2.45, 2.75) is 4.90 Å². The van der Waals surface area contributed by atoms with Crippen LogP contribution in [0.3, 0.4) is 0 Å². The van der Waals surface area contributed by atoms with Crippen molar-refractivity contribution >= 4 is 22.7 Å². The van der Waals surface area contributed by atoms with Crippen LogP contribution in [0, 0.1) is 0 Å². The van der Waals surface area contributed by atoms with Gasteiger partial charge in [-0.3, -0.25) is 4.18 Å². The molecule has 7 heteroatoms. The van der Waals surface area contributed by atoms with Crippen LogP contribution in [-0.2, 0) is 14.3 Å². The highest BCUT2D eigenvalue weighted by molar-refractivity contribution is 7.86. The topological polar surface area (TPSA) is 83.8 Å². The van der Waals surface area contributed by atoms with Crippen molar-refractivity contribution in [3.05, 3.63) is 24.3 Å². The number of rotatable bonds is 3. The molecule has 5 nitrogen and oxygen atoms in total. The Morgan fingerprint density at radius 1 is 1.36 bits per heavy atom. The van der Waals surface area contributed by atoms with Crippen LogP contribution in [0.4, 0.5) is 0 Å². The minimum absolute atomic E-state index is 0.100. The molecular formula is C7H9BO5S. The van der Waals surface area contributed by atoms with Crippen molar-refractivity contribution in [3.8, 4) is 0 Å². The average molecular weight is 216 g/mol. The van der Waals surface area contributed by atoms with Gasteiger partial charge in [-0.1, -0.05) is 12.1 Å². The lowest BCUT2D eigenvalue weighted by Crippen LogP contribution is -2.30. The predicted molar refractivity (Wildman–Crippen MR) is 50.5 cm³/mol. The summed E-state index contributed by atoms with van der Waals surface area (Å²) in [5.74, 6) is 0. The van der Waals surface area contributed by atoms with Crippen molar-refractivity contribution in [1.82, 2.24) is 0 Å². The zero-order valence-corrected chi connectivity index (χ0v) is 8.23. The van der Waals surface area contributed by atoms with E-state index < -0.39 is 17.2 Å². The van der Waals surface area contributed by atoms with E-state index in [1.807, 2.05) is 0 Å². The van der Waals surface area contributed by atoms with Crippen LogP contribution in [0.1, 0.15) is 0 Å². The van der Waals surface area contributed by atoms with Crippen LogP contribution in [-0.4, -0.2) is 32.7 Å². The van der Waals surface area contributed by atoms with Crippen LogP contribution < -0.4 is 5.46 Å². The summed E-state index contributed by atoms with van der Waals surface area (Å²) in [6, 6.07) is 5.26. The molecule has 0 heterocycles. The molecule has 2 N–H and O–H groups in total. The molecule has 76 valence electrons. The molecule has 0 aliphatic heterocycles. The molecule has 14 heavy (non-hydrogen) atoms. The molecule has 1 aromatic carbocycles. The van der Waals surface area contributed by atoms with E-state index in [-0.39, 0.29) is 10.4 Å². The lowest BCUT2D eigenvalue weighted by atomic mass is 9.81. The van der Waals surface area contributed by atoms with Gasteiger partial charge >= 0.3 is 7.12 Å². The summed E-state index contributed by atoms with van der Waals surface area (Å²) in [6.45, 7) is 0. The van der Waals surface area contributed by atoms with E-state index in [2.05, 4.69) is 4.18 Å². The first-order chi connectivity index (χ1) is 6.47.